The minimum Gasteiger partial charge on any atom is -0.496 e. The molecule has 3 rings (SSSR count). The molecule has 1 N–H and O–H groups in total. The van der Waals surface area contributed by atoms with Gasteiger partial charge in [-0.2, -0.15) is 0 Å². The fourth-order valence-electron chi connectivity index (χ4n) is 2.94. The SMILES string of the molecule is COC(=O)c1cc(CNC(=O)/C=C/c2cc(OC)c3c(c2)OCCO3)ccc1OC. The van der Waals surface area contributed by atoms with Crippen molar-refractivity contribution in [1.82, 2.24) is 5.32 Å². The van der Waals surface area contributed by atoms with Gasteiger partial charge in [-0.3, -0.25) is 4.79 Å². The first kappa shape index (κ1) is 21.0. The molecule has 0 aliphatic carbocycles. The van der Waals surface area contributed by atoms with Crippen LogP contribution >= 0.6 is 0 Å². The standard InChI is InChI=1S/C22H23NO7/c1-26-17-6-4-15(10-16(17)22(25)28-3)13-23-20(24)7-5-14-11-18(27-2)21-19(12-14)29-8-9-30-21/h4-7,10-12H,8-9,13H2,1-3H3,(H,23,24)/b7-5+. The van der Waals surface area contributed by atoms with E-state index in [0.29, 0.717) is 41.8 Å². The Hall–Kier alpha value is -3.68. The number of hydrogen-bond acceptors (Lipinski definition) is 7. The van der Waals surface area contributed by atoms with Crippen molar-refractivity contribution in [3.05, 3.63) is 53.1 Å². The maximum Gasteiger partial charge on any atom is 0.341 e. The quantitative estimate of drug-likeness (QED) is 0.551. The summed E-state index contributed by atoms with van der Waals surface area (Å²) in [6.07, 6.45) is 3.07. The summed E-state index contributed by atoms with van der Waals surface area (Å²) < 4.78 is 26.4. The molecule has 30 heavy (non-hydrogen) atoms. The summed E-state index contributed by atoms with van der Waals surface area (Å²) in [6, 6.07) is 8.60. The van der Waals surface area contributed by atoms with Crippen LogP contribution in [-0.2, 0) is 16.1 Å². The largest absolute Gasteiger partial charge is 0.496 e. The fourth-order valence-corrected chi connectivity index (χ4v) is 2.94. The van der Waals surface area contributed by atoms with Gasteiger partial charge in [-0.05, 0) is 41.5 Å². The van der Waals surface area contributed by atoms with Gasteiger partial charge in [0, 0.05) is 12.6 Å². The first-order valence-electron chi connectivity index (χ1n) is 9.24. The Balaban J connectivity index is 1.66. The van der Waals surface area contributed by atoms with E-state index in [1.54, 1.807) is 43.5 Å². The predicted molar refractivity (Wildman–Crippen MR) is 109 cm³/mol. The Morgan fingerprint density at radius 3 is 2.53 bits per heavy atom. The first-order valence-corrected chi connectivity index (χ1v) is 9.24. The highest BCUT2D eigenvalue weighted by Gasteiger charge is 2.18. The number of nitrogens with one attached hydrogen (secondary N) is 1. The van der Waals surface area contributed by atoms with Gasteiger partial charge in [0.1, 0.15) is 24.5 Å². The number of methoxy groups -OCH3 is 3. The number of hydrogen-bond donors (Lipinski definition) is 1. The molecule has 0 aromatic heterocycles. The van der Waals surface area contributed by atoms with Crippen molar-refractivity contribution in [1.29, 1.82) is 0 Å². The summed E-state index contributed by atoms with van der Waals surface area (Å²) in [4.78, 5) is 24.1. The molecule has 1 aliphatic rings. The van der Waals surface area contributed by atoms with Crippen LogP contribution in [0.2, 0.25) is 0 Å². The van der Waals surface area contributed by atoms with Crippen LogP contribution in [0.15, 0.2) is 36.4 Å². The van der Waals surface area contributed by atoms with Gasteiger partial charge < -0.3 is 29.0 Å². The number of carbonyl (C=O) groups is 2. The number of amides is 1. The van der Waals surface area contributed by atoms with Crippen molar-refractivity contribution < 1.29 is 33.3 Å². The summed E-state index contributed by atoms with van der Waals surface area (Å²) in [6.45, 7) is 1.16. The highest BCUT2D eigenvalue weighted by molar-refractivity contribution is 5.93. The minimum atomic E-state index is -0.507. The second kappa shape index (κ2) is 9.69. The lowest BCUT2D eigenvalue weighted by Gasteiger charge is -2.20. The normalized spacial score (nSPS) is 12.4. The number of fused-ring (bicyclic) bond motifs is 1. The van der Waals surface area contributed by atoms with Crippen LogP contribution < -0.4 is 24.3 Å². The molecule has 0 unspecified atom stereocenters. The summed E-state index contributed by atoms with van der Waals surface area (Å²) >= 11 is 0. The topological polar surface area (TPSA) is 92.3 Å². The molecule has 1 amide bonds. The Morgan fingerprint density at radius 1 is 1.03 bits per heavy atom. The highest BCUT2D eigenvalue weighted by Crippen LogP contribution is 2.40. The highest BCUT2D eigenvalue weighted by atomic mass is 16.6. The van der Waals surface area contributed by atoms with Gasteiger partial charge in [-0.15, -0.1) is 0 Å². The Bertz CT molecular complexity index is 951. The van der Waals surface area contributed by atoms with Crippen LogP contribution in [0, 0.1) is 0 Å². The lowest BCUT2D eigenvalue weighted by molar-refractivity contribution is -0.116. The summed E-state index contributed by atoms with van der Waals surface area (Å²) in [5, 5.41) is 2.78. The van der Waals surface area contributed by atoms with Crippen molar-refractivity contribution in [2.45, 2.75) is 6.54 Å². The fraction of sp³-hybridized carbons (Fsp3) is 0.273. The monoisotopic (exact) mass is 413 g/mol. The van der Waals surface area contributed by atoms with Crippen LogP contribution in [0.3, 0.4) is 0 Å². The van der Waals surface area contributed by atoms with Gasteiger partial charge in [0.15, 0.2) is 11.5 Å². The Kier molecular flexibility index (Phi) is 6.79. The van der Waals surface area contributed by atoms with E-state index in [2.05, 4.69) is 5.32 Å². The number of esters is 1. The number of benzene rings is 2. The molecule has 2 aromatic carbocycles. The van der Waals surface area contributed by atoms with Crippen molar-refractivity contribution in [3.63, 3.8) is 0 Å². The molecule has 0 saturated carbocycles. The molecule has 1 aliphatic heterocycles. The van der Waals surface area contributed by atoms with Gasteiger partial charge in [-0.1, -0.05) is 6.07 Å². The maximum absolute atomic E-state index is 12.2. The predicted octanol–water partition coefficient (Wildman–Crippen LogP) is 2.59. The van der Waals surface area contributed by atoms with Gasteiger partial charge in [0.2, 0.25) is 11.7 Å². The minimum absolute atomic E-state index is 0.238. The zero-order valence-electron chi connectivity index (χ0n) is 17.0. The van der Waals surface area contributed by atoms with Crippen LogP contribution in [0.4, 0.5) is 0 Å². The molecule has 0 saturated heterocycles. The van der Waals surface area contributed by atoms with E-state index in [9.17, 15) is 9.59 Å². The summed E-state index contributed by atoms with van der Waals surface area (Å²) in [5.74, 6) is 1.29. The lowest BCUT2D eigenvalue weighted by Crippen LogP contribution is -2.20. The lowest BCUT2D eigenvalue weighted by atomic mass is 10.1. The van der Waals surface area contributed by atoms with Crippen molar-refractivity contribution >= 4 is 18.0 Å². The molecule has 0 atom stereocenters. The molecule has 1 heterocycles. The molecule has 8 heteroatoms. The van der Waals surface area contributed by atoms with Gasteiger partial charge in [0.05, 0.1) is 21.3 Å². The van der Waals surface area contributed by atoms with Gasteiger partial charge in [-0.25, -0.2) is 4.79 Å². The van der Waals surface area contributed by atoms with E-state index in [1.165, 1.54) is 20.3 Å². The molecular weight excluding hydrogens is 390 g/mol. The van der Waals surface area contributed by atoms with E-state index in [-0.39, 0.29) is 12.5 Å². The molecule has 0 radical (unpaired) electrons. The van der Waals surface area contributed by atoms with Crippen molar-refractivity contribution in [2.75, 3.05) is 34.5 Å². The average molecular weight is 413 g/mol. The Labute approximate surface area is 174 Å². The summed E-state index contributed by atoms with van der Waals surface area (Å²) in [7, 11) is 4.32. The van der Waals surface area contributed by atoms with Crippen molar-refractivity contribution in [2.24, 2.45) is 0 Å². The maximum atomic E-state index is 12.2. The zero-order chi connectivity index (χ0) is 21.5. The second-order valence-electron chi connectivity index (χ2n) is 6.32. The smallest absolute Gasteiger partial charge is 0.341 e. The van der Waals surface area contributed by atoms with E-state index >= 15 is 0 Å². The van der Waals surface area contributed by atoms with Crippen LogP contribution in [0.5, 0.6) is 23.0 Å². The third-order valence-corrected chi connectivity index (χ3v) is 4.41. The van der Waals surface area contributed by atoms with Gasteiger partial charge >= 0.3 is 5.97 Å². The molecule has 0 bridgehead atoms. The van der Waals surface area contributed by atoms with Crippen LogP contribution in [0.1, 0.15) is 21.5 Å². The van der Waals surface area contributed by atoms with Crippen LogP contribution in [0.25, 0.3) is 6.08 Å². The van der Waals surface area contributed by atoms with Crippen molar-refractivity contribution in [3.8, 4) is 23.0 Å². The molecule has 8 nitrogen and oxygen atoms in total. The van der Waals surface area contributed by atoms with E-state index in [4.69, 9.17) is 23.7 Å². The number of carbonyl (C=O) groups excluding carboxylic acids is 2. The molecular formula is C22H23NO7. The van der Waals surface area contributed by atoms with Gasteiger partial charge in [0.25, 0.3) is 0 Å². The number of ether oxygens (including phenoxy) is 5. The molecule has 2 aromatic rings. The second-order valence-corrected chi connectivity index (χ2v) is 6.32. The Morgan fingerprint density at radius 2 is 1.80 bits per heavy atom. The summed E-state index contributed by atoms with van der Waals surface area (Å²) in [5.41, 5.74) is 1.77. The van der Waals surface area contributed by atoms with E-state index in [0.717, 1.165) is 11.1 Å². The molecule has 0 spiro atoms. The van der Waals surface area contributed by atoms with E-state index < -0.39 is 5.97 Å². The molecule has 0 fully saturated rings. The zero-order valence-corrected chi connectivity index (χ0v) is 17.0. The average Bonchev–Trinajstić information content (AvgIpc) is 2.79. The third kappa shape index (κ3) is 4.83. The first-order chi connectivity index (χ1) is 14.5. The number of rotatable bonds is 7. The van der Waals surface area contributed by atoms with Crippen LogP contribution in [-0.4, -0.2) is 46.4 Å². The molecule has 158 valence electrons. The van der Waals surface area contributed by atoms with E-state index in [1.807, 2.05) is 0 Å². The third-order valence-electron chi connectivity index (χ3n) is 4.41.